The molecule has 16 heteroatoms. The molecule has 0 amide bonds. The maximum atomic E-state index is 15.1. The number of carbonyl (C=O) groups excluding carboxylic acids is 5. The third-order valence-corrected chi connectivity index (χ3v) is 8.47. The molecule has 0 fully saturated rings. The molecule has 4 aromatic carbocycles. The summed E-state index contributed by atoms with van der Waals surface area (Å²) in [5.74, 6) is -15.1. The molecule has 4 aromatic rings. The van der Waals surface area contributed by atoms with Crippen molar-refractivity contribution in [1.29, 1.82) is 0 Å². The summed E-state index contributed by atoms with van der Waals surface area (Å²) < 4.78 is 96.2. The molecule has 0 saturated heterocycles. The first-order valence-corrected chi connectivity index (χ1v) is 19.1. The molecule has 12 nitrogen and oxygen atoms in total. The van der Waals surface area contributed by atoms with Crippen LogP contribution in [0.15, 0.2) is 98.1 Å². The summed E-state index contributed by atoms with van der Waals surface area (Å²) >= 11 is 0. The Hall–Kier alpha value is -6.97. The SMILES string of the molecule is C=CC(=O)OCCCCCCOc1ccc(C(=O)Oc2cccc(OC(=O)c3c(F)c(F)c(OC(=O)c4ccc(OCCCCCCOC(=O)C=C)cc4)c(F)c3F)c2)cc1. The largest absolute Gasteiger partial charge is 0.494 e. The average Bonchev–Trinajstić information content (AvgIpc) is 3.26. The van der Waals surface area contributed by atoms with Crippen molar-refractivity contribution in [3.8, 4) is 28.7 Å². The monoisotopic (exact) mass is 850 g/mol. The highest BCUT2D eigenvalue weighted by Crippen LogP contribution is 2.32. The quantitative estimate of drug-likeness (QED) is 0.0165. The summed E-state index contributed by atoms with van der Waals surface area (Å²) in [4.78, 5) is 60.3. The molecule has 0 N–H and O–H groups in total. The van der Waals surface area contributed by atoms with Crippen LogP contribution < -0.4 is 23.7 Å². The molecule has 0 aliphatic heterocycles. The number of ether oxygens (including phenoxy) is 7. The molecule has 0 aliphatic carbocycles. The highest BCUT2D eigenvalue weighted by atomic mass is 19.2. The zero-order chi connectivity index (χ0) is 44.1. The highest BCUT2D eigenvalue weighted by Gasteiger charge is 2.33. The van der Waals surface area contributed by atoms with Crippen molar-refractivity contribution in [2.75, 3.05) is 26.4 Å². The zero-order valence-electron chi connectivity index (χ0n) is 32.9. The van der Waals surface area contributed by atoms with Gasteiger partial charge in [0, 0.05) is 18.2 Å². The van der Waals surface area contributed by atoms with Gasteiger partial charge in [0.15, 0.2) is 11.6 Å². The van der Waals surface area contributed by atoms with E-state index >= 15 is 17.6 Å². The molecule has 322 valence electrons. The molecule has 0 aromatic heterocycles. The standard InChI is InChI=1S/C45H42F4O12/c1-3-35(50)57-26-11-7-5-9-24-55-31-20-16-29(17-21-31)43(52)59-33-14-13-15-34(28-33)60-45(54)37-38(46)40(48)42(41(49)39(37)47)61-44(53)30-18-22-32(23-19-30)56-25-10-6-8-12-27-58-36(51)4-2/h3-4,13-23,28H,1-2,5-12,24-27H2. The predicted molar refractivity (Wildman–Crippen MR) is 211 cm³/mol. The first-order valence-electron chi connectivity index (χ1n) is 19.1. The van der Waals surface area contributed by atoms with Gasteiger partial charge in [0.2, 0.25) is 17.4 Å². The molecular formula is C45H42F4O12. The second-order valence-corrected chi connectivity index (χ2v) is 12.9. The maximum absolute atomic E-state index is 15.1. The van der Waals surface area contributed by atoms with Gasteiger partial charge in [-0.2, -0.15) is 8.78 Å². The minimum Gasteiger partial charge on any atom is -0.494 e. The lowest BCUT2D eigenvalue weighted by molar-refractivity contribution is -0.138. The van der Waals surface area contributed by atoms with Gasteiger partial charge in [-0.1, -0.05) is 19.2 Å². The van der Waals surface area contributed by atoms with Crippen molar-refractivity contribution < 1.29 is 74.7 Å². The number of carbonyl (C=O) groups is 5. The fourth-order valence-electron chi connectivity index (χ4n) is 5.29. The molecule has 0 aliphatic rings. The van der Waals surface area contributed by atoms with Crippen LogP contribution in [0.4, 0.5) is 17.6 Å². The van der Waals surface area contributed by atoms with Crippen molar-refractivity contribution >= 4 is 29.8 Å². The Bertz CT molecular complexity index is 2140. The van der Waals surface area contributed by atoms with Crippen LogP contribution in [-0.4, -0.2) is 56.3 Å². The summed E-state index contributed by atoms with van der Waals surface area (Å²) in [6.07, 6.45) is 8.29. The van der Waals surface area contributed by atoms with Gasteiger partial charge in [-0.3, -0.25) is 0 Å². The minimum atomic E-state index is -2.19. The smallest absolute Gasteiger partial charge is 0.349 e. The minimum absolute atomic E-state index is 0.132. The fraction of sp³-hybridized carbons (Fsp3) is 0.267. The third kappa shape index (κ3) is 14.7. The van der Waals surface area contributed by atoms with E-state index in [-0.39, 0.29) is 23.5 Å². The summed E-state index contributed by atoms with van der Waals surface area (Å²) in [6.45, 7) is 7.99. The molecule has 0 saturated carbocycles. The number of benzene rings is 4. The van der Waals surface area contributed by atoms with E-state index in [0.717, 1.165) is 56.4 Å². The highest BCUT2D eigenvalue weighted by molar-refractivity contribution is 5.94. The van der Waals surface area contributed by atoms with Crippen LogP contribution in [0.3, 0.4) is 0 Å². The maximum Gasteiger partial charge on any atom is 0.349 e. The second-order valence-electron chi connectivity index (χ2n) is 12.9. The van der Waals surface area contributed by atoms with E-state index in [9.17, 15) is 24.0 Å². The van der Waals surface area contributed by atoms with E-state index in [1.165, 1.54) is 48.5 Å². The Labute approximate surface area is 348 Å². The van der Waals surface area contributed by atoms with Crippen molar-refractivity contribution in [3.63, 3.8) is 0 Å². The Morgan fingerprint density at radius 3 is 1.28 bits per heavy atom. The van der Waals surface area contributed by atoms with Gasteiger partial charge >= 0.3 is 29.8 Å². The third-order valence-electron chi connectivity index (χ3n) is 8.47. The molecule has 0 atom stereocenters. The second kappa shape index (κ2) is 24.2. The van der Waals surface area contributed by atoms with Gasteiger partial charge in [0.25, 0.3) is 0 Å². The summed E-state index contributed by atoms with van der Waals surface area (Å²) in [5.41, 5.74) is -1.85. The van der Waals surface area contributed by atoms with Crippen LogP contribution in [-0.2, 0) is 19.1 Å². The van der Waals surface area contributed by atoms with Crippen LogP contribution in [0.5, 0.6) is 28.7 Å². The topological polar surface area (TPSA) is 150 Å². The molecule has 0 heterocycles. The van der Waals surface area contributed by atoms with E-state index < -0.39 is 70.2 Å². The lowest BCUT2D eigenvalue weighted by Gasteiger charge is -2.12. The van der Waals surface area contributed by atoms with E-state index in [1.807, 2.05) is 0 Å². The molecule has 0 bridgehead atoms. The Morgan fingerprint density at radius 1 is 0.459 bits per heavy atom. The summed E-state index contributed by atoms with van der Waals surface area (Å²) in [5, 5.41) is 0. The predicted octanol–water partition coefficient (Wildman–Crippen LogP) is 9.24. The van der Waals surface area contributed by atoms with Crippen LogP contribution in [0.2, 0.25) is 0 Å². The first kappa shape index (κ1) is 46.7. The van der Waals surface area contributed by atoms with Gasteiger partial charge < -0.3 is 33.2 Å². The van der Waals surface area contributed by atoms with Crippen molar-refractivity contribution in [2.45, 2.75) is 51.4 Å². The molecule has 0 spiro atoms. The van der Waals surface area contributed by atoms with Crippen molar-refractivity contribution in [2.24, 2.45) is 0 Å². The van der Waals surface area contributed by atoms with E-state index in [0.29, 0.717) is 50.6 Å². The number of hydrogen-bond acceptors (Lipinski definition) is 12. The lowest BCUT2D eigenvalue weighted by atomic mass is 10.1. The first-order chi connectivity index (χ1) is 29.4. The van der Waals surface area contributed by atoms with E-state index in [2.05, 4.69) is 17.9 Å². The van der Waals surface area contributed by atoms with Crippen LogP contribution in [0.1, 0.15) is 82.4 Å². The molecular weight excluding hydrogens is 808 g/mol. The van der Waals surface area contributed by atoms with Gasteiger partial charge in [-0.25, -0.2) is 32.8 Å². The molecule has 0 radical (unpaired) electrons. The fourth-order valence-corrected chi connectivity index (χ4v) is 5.29. The van der Waals surface area contributed by atoms with E-state index in [4.69, 9.17) is 28.4 Å². The van der Waals surface area contributed by atoms with Crippen LogP contribution in [0.25, 0.3) is 0 Å². The van der Waals surface area contributed by atoms with Gasteiger partial charge in [0.05, 0.1) is 37.6 Å². The summed E-state index contributed by atoms with van der Waals surface area (Å²) in [6, 6.07) is 16.0. The van der Waals surface area contributed by atoms with Gasteiger partial charge in [0.1, 0.15) is 28.6 Å². The van der Waals surface area contributed by atoms with Gasteiger partial charge in [-0.05, 0) is 112 Å². The number of halogens is 4. The Balaban J connectivity index is 1.26. The molecule has 0 unspecified atom stereocenters. The number of rotatable bonds is 24. The normalized spacial score (nSPS) is 10.6. The number of esters is 5. The molecule has 4 rings (SSSR count). The zero-order valence-corrected chi connectivity index (χ0v) is 32.9. The van der Waals surface area contributed by atoms with Crippen molar-refractivity contribution in [3.05, 3.63) is 138 Å². The lowest BCUT2D eigenvalue weighted by Crippen LogP contribution is -2.19. The van der Waals surface area contributed by atoms with Gasteiger partial charge in [-0.15, -0.1) is 0 Å². The Morgan fingerprint density at radius 2 is 0.852 bits per heavy atom. The van der Waals surface area contributed by atoms with Crippen LogP contribution in [0, 0.1) is 23.3 Å². The molecule has 61 heavy (non-hydrogen) atoms. The summed E-state index contributed by atoms with van der Waals surface area (Å²) in [7, 11) is 0. The van der Waals surface area contributed by atoms with E-state index in [1.54, 1.807) is 12.1 Å². The average molecular weight is 851 g/mol. The Kier molecular flexibility index (Phi) is 18.5. The number of unbranched alkanes of at least 4 members (excludes halogenated alkanes) is 6. The van der Waals surface area contributed by atoms with Crippen molar-refractivity contribution in [1.82, 2.24) is 0 Å². The van der Waals surface area contributed by atoms with Crippen LogP contribution >= 0.6 is 0 Å². The number of hydrogen-bond donors (Lipinski definition) is 0.